The fourth-order valence-corrected chi connectivity index (χ4v) is 3.58. The Hall–Kier alpha value is -3.68. The fourth-order valence-electron chi connectivity index (χ4n) is 3.58. The summed E-state index contributed by atoms with van der Waals surface area (Å²) in [5.74, 6) is 0.204. The quantitative estimate of drug-likeness (QED) is 0.492. The van der Waals surface area contributed by atoms with Crippen LogP contribution in [-0.2, 0) is 6.18 Å². The second kappa shape index (κ2) is 7.86. The van der Waals surface area contributed by atoms with E-state index in [9.17, 15) is 18.0 Å². The largest absolute Gasteiger partial charge is 0.497 e. The maximum absolute atomic E-state index is 13.6. The van der Waals surface area contributed by atoms with E-state index in [0.717, 1.165) is 6.07 Å². The summed E-state index contributed by atoms with van der Waals surface area (Å²) in [4.78, 5) is 12.9. The molecule has 1 atom stereocenters. The van der Waals surface area contributed by atoms with Gasteiger partial charge in [0.15, 0.2) is 0 Å². The third-order valence-corrected chi connectivity index (χ3v) is 5.05. The van der Waals surface area contributed by atoms with Crippen molar-refractivity contribution in [1.82, 2.24) is 0 Å². The Bertz CT molecular complexity index is 1150. The summed E-state index contributed by atoms with van der Waals surface area (Å²) < 4.78 is 45.9. The van der Waals surface area contributed by atoms with E-state index in [1.54, 1.807) is 55.5 Å². The number of carbonyl (C=O) groups excluding carboxylic acids is 1. The zero-order valence-corrected chi connectivity index (χ0v) is 16.8. The number of carbonyl (C=O) groups is 1. The minimum absolute atomic E-state index is 0.0634. The van der Waals surface area contributed by atoms with E-state index < -0.39 is 17.9 Å². The molecule has 160 valence electrons. The molecule has 31 heavy (non-hydrogen) atoms. The SMILES string of the molecule is COc1cccc(NC(=O)c2cccc3c2NC(c2ccc(C)cc2C(F)(F)F)N3)c1. The van der Waals surface area contributed by atoms with Gasteiger partial charge in [-0.15, -0.1) is 0 Å². The average molecular weight is 427 g/mol. The predicted octanol–water partition coefficient (Wildman–Crippen LogP) is 5.81. The molecule has 1 unspecified atom stereocenters. The summed E-state index contributed by atoms with van der Waals surface area (Å²) in [5.41, 5.74) is 1.73. The van der Waals surface area contributed by atoms with Crippen LogP contribution in [0.1, 0.15) is 33.2 Å². The van der Waals surface area contributed by atoms with E-state index in [1.807, 2.05) is 0 Å². The van der Waals surface area contributed by atoms with Gasteiger partial charge in [0.2, 0.25) is 0 Å². The van der Waals surface area contributed by atoms with Crippen LogP contribution in [0.3, 0.4) is 0 Å². The molecule has 3 N–H and O–H groups in total. The number of amides is 1. The number of aryl methyl sites for hydroxylation is 1. The Labute approximate surface area is 177 Å². The topological polar surface area (TPSA) is 62.4 Å². The molecular weight excluding hydrogens is 407 g/mol. The van der Waals surface area contributed by atoms with Gasteiger partial charge in [-0.1, -0.05) is 29.8 Å². The minimum atomic E-state index is -4.49. The van der Waals surface area contributed by atoms with Gasteiger partial charge >= 0.3 is 6.18 Å². The predicted molar refractivity (Wildman–Crippen MR) is 114 cm³/mol. The van der Waals surface area contributed by atoms with E-state index in [4.69, 9.17) is 4.74 Å². The molecule has 0 radical (unpaired) electrons. The van der Waals surface area contributed by atoms with Crippen molar-refractivity contribution in [1.29, 1.82) is 0 Å². The van der Waals surface area contributed by atoms with Crippen molar-refractivity contribution in [3.05, 3.63) is 82.9 Å². The van der Waals surface area contributed by atoms with Crippen LogP contribution >= 0.6 is 0 Å². The molecule has 0 spiro atoms. The number of hydrogen-bond acceptors (Lipinski definition) is 4. The Kier molecular flexibility index (Phi) is 5.22. The molecular formula is C23H20F3N3O2. The number of ether oxygens (including phenoxy) is 1. The van der Waals surface area contributed by atoms with E-state index in [-0.39, 0.29) is 11.5 Å². The second-order valence-corrected chi connectivity index (χ2v) is 7.22. The smallest absolute Gasteiger partial charge is 0.416 e. The van der Waals surface area contributed by atoms with Crippen LogP contribution in [0, 0.1) is 6.92 Å². The Morgan fingerprint density at radius 1 is 1.03 bits per heavy atom. The molecule has 0 aromatic heterocycles. The van der Waals surface area contributed by atoms with Gasteiger partial charge in [-0.3, -0.25) is 4.79 Å². The van der Waals surface area contributed by atoms with Gasteiger partial charge in [-0.25, -0.2) is 0 Å². The molecule has 0 bridgehead atoms. The number of alkyl halides is 3. The van der Waals surface area contributed by atoms with Gasteiger partial charge in [0.25, 0.3) is 5.91 Å². The molecule has 3 aromatic carbocycles. The van der Waals surface area contributed by atoms with Crippen LogP contribution in [0.15, 0.2) is 60.7 Å². The lowest BCUT2D eigenvalue weighted by molar-refractivity contribution is -0.138. The average Bonchev–Trinajstić information content (AvgIpc) is 3.17. The van der Waals surface area contributed by atoms with Crippen molar-refractivity contribution in [2.75, 3.05) is 23.1 Å². The lowest BCUT2D eigenvalue weighted by Gasteiger charge is -2.19. The first-order valence-electron chi connectivity index (χ1n) is 9.55. The molecule has 0 saturated heterocycles. The lowest BCUT2D eigenvalue weighted by Crippen LogP contribution is -2.19. The third-order valence-electron chi connectivity index (χ3n) is 5.05. The van der Waals surface area contributed by atoms with Crippen LogP contribution in [0.2, 0.25) is 0 Å². The molecule has 0 saturated carbocycles. The first-order valence-corrected chi connectivity index (χ1v) is 9.55. The van der Waals surface area contributed by atoms with Crippen LogP contribution < -0.4 is 20.7 Å². The number of nitrogens with one attached hydrogen (secondary N) is 3. The van der Waals surface area contributed by atoms with Gasteiger partial charge in [0, 0.05) is 17.3 Å². The van der Waals surface area contributed by atoms with Crippen LogP contribution in [0.5, 0.6) is 5.75 Å². The standard InChI is InChI=1S/C23H20F3N3O2/c1-13-9-10-16(18(11-13)23(24,25)26)21-28-19-8-4-7-17(20(19)29-21)22(30)27-14-5-3-6-15(12-14)31-2/h3-12,21,28-29H,1-2H3,(H,27,30). The highest BCUT2D eigenvalue weighted by Gasteiger charge is 2.37. The second-order valence-electron chi connectivity index (χ2n) is 7.22. The number of para-hydroxylation sites is 1. The molecule has 0 fully saturated rings. The first-order chi connectivity index (χ1) is 14.8. The van der Waals surface area contributed by atoms with Gasteiger partial charge in [-0.2, -0.15) is 13.2 Å². The Morgan fingerprint density at radius 2 is 1.81 bits per heavy atom. The van der Waals surface area contributed by atoms with Gasteiger partial charge in [-0.05, 0) is 37.3 Å². The number of anilines is 3. The van der Waals surface area contributed by atoms with Crippen LogP contribution in [-0.4, -0.2) is 13.0 Å². The zero-order chi connectivity index (χ0) is 22.2. The molecule has 3 aromatic rings. The molecule has 5 nitrogen and oxygen atoms in total. The fraction of sp³-hybridized carbons (Fsp3) is 0.174. The lowest BCUT2D eigenvalue weighted by atomic mass is 10.0. The van der Waals surface area contributed by atoms with Gasteiger partial charge in [0.1, 0.15) is 11.9 Å². The van der Waals surface area contributed by atoms with Gasteiger partial charge < -0.3 is 20.7 Å². The third kappa shape index (κ3) is 4.14. The van der Waals surface area contributed by atoms with E-state index in [1.165, 1.54) is 13.2 Å². The normalized spacial score (nSPS) is 14.9. The Balaban J connectivity index is 1.63. The number of benzene rings is 3. The number of halogens is 3. The molecule has 1 aliphatic heterocycles. The summed E-state index contributed by atoms with van der Waals surface area (Å²) in [6.45, 7) is 1.62. The molecule has 4 rings (SSSR count). The highest BCUT2D eigenvalue weighted by atomic mass is 19.4. The molecule has 0 aliphatic carbocycles. The zero-order valence-electron chi connectivity index (χ0n) is 16.8. The summed E-state index contributed by atoms with van der Waals surface area (Å²) in [5, 5.41) is 8.89. The van der Waals surface area contributed by atoms with Crippen molar-refractivity contribution < 1.29 is 22.7 Å². The van der Waals surface area contributed by atoms with Crippen molar-refractivity contribution in [2.45, 2.75) is 19.3 Å². The molecule has 1 amide bonds. The van der Waals surface area contributed by atoms with E-state index in [0.29, 0.717) is 33.9 Å². The molecule has 1 aliphatic rings. The summed E-state index contributed by atoms with van der Waals surface area (Å²) in [7, 11) is 1.53. The number of rotatable bonds is 4. The monoisotopic (exact) mass is 427 g/mol. The number of fused-ring (bicyclic) bond motifs is 1. The number of hydrogen-bond donors (Lipinski definition) is 3. The first kappa shape index (κ1) is 20.6. The molecule has 1 heterocycles. The van der Waals surface area contributed by atoms with Crippen molar-refractivity contribution in [3.63, 3.8) is 0 Å². The van der Waals surface area contributed by atoms with Gasteiger partial charge in [0.05, 0.1) is 29.6 Å². The maximum atomic E-state index is 13.6. The summed E-state index contributed by atoms with van der Waals surface area (Å²) in [6, 6.07) is 16.1. The van der Waals surface area contributed by atoms with Crippen molar-refractivity contribution in [3.8, 4) is 5.75 Å². The summed E-state index contributed by atoms with van der Waals surface area (Å²) >= 11 is 0. The highest BCUT2D eigenvalue weighted by Crippen LogP contribution is 2.42. The van der Waals surface area contributed by atoms with E-state index in [2.05, 4.69) is 16.0 Å². The van der Waals surface area contributed by atoms with Crippen LogP contribution in [0.4, 0.5) is 30.2 Å². The maximum Gasteiger partial charge on any atom is 0.416 e. The van der Waals surface area contributed by atoms with E-state index >= 15 is 0 Å². The van der Waals surface area contributed by atoms with Crippen molar-refractivity contribution >= 4 is 23.0 Å². The highest BCUT2D eigenvalue weighted by molar-refractivity contribution is 6.10. The molecule has 8 heteroatoms. The Morgan fingerprint density at radius 3 is 2.55 bits per heavy atom. The van der Waals surface area contributed by atoms with Crippen molar-refractivity contribution in [2.24, 2.45) is 0 Å². The number of methoxy groups -OCH3 is 1. The summed E-state index contributed by atoms with van der Waals surface area (Å²) in [6.07, 6.45) is -5.32. The van der Waals surface area contributed by atoms with Crippen LogP contribution in [0.25, 0.3) is 0 Å². The minimum Gasteiger partial charge on any atom is -0.497 e.